The maximum absolute atomic E-state index is 12.6. The Morgan fingerprint density at radius 2 is 1.69 bits per heavy atom. The van der Waals surface area contributed by atoms with Crippen LogP contribution in [0.2, 0.25) is 0 Å². The molecule has 6 nitrogen and oxygen atoms in total. The molecule has 5 aromatic rings. The maximum atomic E-state index is 12.6. The third-order valence-electron chi connectivity index (χ3n) is 6.98. The first-order valence-corrected chi connectivity index (χ1v) is 15.7. The lowest BCUT2D eigenvalue weighted by atomic mass is 9.99. The molecule has 0 saturated carbocycles. The van der Waals surface area contributed by atoms with Gasteiger partial charge in [0.05, 0.1) is 24.0 Å². The number of carbonyl (C=O) groups excluding carboxylic acids is 1. The van der Waals surface area contributed by atoms with Gasteiger partial charge in [-0.2, -0.15) is 4.40 Å². The van der Waals surface area contributed by atoms with Gasteiger partial charge in [0.1, 0.15) is 18.4 Å². The predicted octanol–water partition coefficient (Wildman–Crippen LogP) is 8.84. The zero-order valence-corrected chi connectivity index (χ0v) is 27.2. The standard InChI is InChI=1S/C31H32N3O3S.2C2H6/c1-19-27(21-12-7-6-8-13-21)34-29(32-31(2,3)4)28-26-23-14-10-9-11-20(23)15-16-24(26)37-18-22(17-25(35)36-5)33(28)30(34)38-19;2*1-2/h6-16,22,32H,17-18H2,1-5H3;2*1-2H3/q+1;;. The summed E-state index contributed by atoms with van der Waals surface area (Å²) in [6.07, 6.45) is 0.215. The van der Waals surface area contributed by atoms with Crippen molar-refractivity contribution in [2.24, 2.45) is 0 Å². The lowest BCUT2D eigenvalue weighted by molar-refractivity contribution is -0.684. The fraction of sp³-hybridized carbons (Fsp3) is 0.371. The second kappa shape index (κ2) is 13.0. The van der Waals surface area contributed by atoms with E-state index in [0.29, 0.717) is 6.61 Å². The number of fused-ring (bicyclic) bond motifs is 7. The van der Waals surface area contributed by atoms with Crippen molar-refractivity contribution in [3.05, 3.63) is 71.6 Å². The lowest BCUT2D eigenvalue weighted by Gasteiger charge is -2.21. The van der Waals surface area contributed by atoms with Gasteiger partial charge in [0.15, 0.2) is 5.69 Å². The first-order valence-electron chi connectivity index (χ1n) is 14.9. The highest BCUT2D eigenvalue weighted by atomic mass is 32.1. The molecule has 0 saturated heterocycles. The van der Waals surface area contributed by atoms with Crippen LogP contribution >= 0.6 is 11.3 Å². The summed E-state index contributed by atoms with van der Waals surface area (Å²) in [4.78, 5) is 14.9. The second-order valence-corrected chi connectivity index (χ2v) is 12.0. The van der Waals surface area contributed by atoms with E-state index in [0.717, 1.165) is 49.8 Å². The summed E-state index contributed by atoms with van der Waals surface area (Å²) in [7, 11) is 1.44. The van der Waals surface area contributed by atoms with Crippen LogP contribution in [-0.2, 0) is 9.53 Å². The second-order valence-electron chi connectivity index (χ2n) is 10.8. The van der Waals surface area contributed by atoms with Crippen LogP contribution in [0.5, 0.6) is 5.75 Å². The average molecular weight is 587 g/mol. The topological polar surface area (TPSA) is 55.9 Å². The fourth-order valence-corrected chi connectivity index (χ4v) is 6.64. The van der Waals surface area contributed by atoms with Crippen molar-refractivity contribution in [2.75, 3.05) is 19.0 Å². The summed E-state index contributed by atoms with van der Waals surface area (Å²) in [5.41, 5.74) is 4.15. The van der Waals surface area contributed by atoms with Gasteiger partial charge in [-0.1, -0.05) is 99.7 Å². The Morgan fingerprint density at radius 1 is 1.02 bits per heavy atom. The zero-order valence-electron chi connectivity index (χ0n) is 26.4. The Labute approximate surface area is 253 Å². The van der Waals surface area contributed by atoms with Gasteiger partial charge in [-0.25, -0.2) is 4.57 Å². The molecule has 2 aromatic heterocycles. The first-order chi connectivity index (χ1) is 20.3. The number of carbonyl (C=O) groups is 1. The van der Waals surface area contributed by atoms with Crippen LogP contribution in [0.4, 0.5) is 5.82 Å². The minimum absolute atomic E-state index is 0.215. The Hall–Kier alpha value is -3.84. The number of ether oxygens (including phenoxy) is 2. The highest BCUT2D eigenvalue weighted by Gasteiger charge is 2.42. The first kappa shape index (κ1) is 31.1. The Bertz CT molecular complexity index is 1680. The molecule has 1 unspecified atom stereocenters. The molecule has 0 bridgehead atoms. The highest BCUT2D eigenvalue weighted by Crippen LogP contribution is 2.46. The van der Waals surface area contributed by atoms with E-state index in [-0.39, 0.29) is 24.0 Å². The van der Waals surface area contributed by atoms with Crippen LogP contribution in [0.15, 0.2) is 66.7 Å². The molecule has 1 N–H and O–H groups in total. The van der Waals surface area contributed by atoms with E-state index >= 15 is 0 Å². The predicted molar refractivity (Wildman–Crippen MR) is 176 cm³/mol. The van der Waals surface area contributed by atoms with Gasteiger partial charge in [0, 0.05) is 11.1 Å². The molecule has 0 aliphatic carbocycles. The minimum Gasteiger partial charge on any atom is -0.488 e. The van der Waals surface area contributed by atoms with E-state index in [9.17, 15) is 4.79 Å². The quantitative estimate of drug-likeness (QED) is 0.169. The smallest absolute Gasteiger partial charge is 0.349 e. The average Bonchev–Trinajstić information content (AvgIpc) is 3.42. The van der Waals surface area contributed by atoms with Crippen LogP contribution in [-0.4, -0.2) is 29.6 Å². The molecule has 7 heteroatoms. The number of rotatable bonds is 4. The summed E-state index contributed by atoms with van der Waals surface area (Å²) in [5, 5.41) is 6.11. The molecule has 1 aliphatic heterocycles. The number of nitrogens with zero attached hydrogens (tertiary/aromatic N) is 2. The SMILES string of the molecule is CC.CC.COC(=O)CC1COc2ccc3ccccc3c2-c2c(NC(C)(C)C)n3c(-c4ccccc4)c(C)sc3[n+]21. The molecule has 1 aliphatic rings. The summed E-state index contributed by atoms with van der Waals surface area (Å²) in [6, 6.07) is 22.8. The van der Waals surface area contributed by atoms with E-state index in [4.69, 9.17) is 9.47 Å². The van der Waals surface area contributed by atoms with E-state index in [1.165, 1.54) is 12.0 Å². The number of esters is 1. The summed E-state index contributed by atoms with van der Waals surface area (Å²) in [6.45, 7) is 17.1. The summed E-state index contributed by atoms with van der Waals surface area (Å²) in [5.74, 6) is 1.56. The van der Waals surface area contributed by atoms with Crippen LogP contribution in [0.3, 0.4) is 0 Å². The molecule has 0 fully saturated rings. The molecule has 6 rings (SSSR count). The number of aryl methyl sites for hydroxylation is 1. The fourth-order valence-electron chi connectivity index (χ4n) is 5.44. The number of aromatic nitrogens is 2. The molecule has 1 atom stereocenters. The lowest BCUT2D eigenvalue weighted by Crippen LogP contribution is -2.43. The Balaban J connectivity index is 0.000000972. The summed E-state index contributed by atoms with van der Waals surface area (Å²) < 4.78 is 16.2. The number of benzene rings is 3. The van der Waals surface area contributed by atoms with Gasteiger partial charge in [0.2, 0.25) is 11.5 Å². The molecule has 42 heavy (non-hydrogen) atoms. The number of thiazole rings is 1. The minimum atomic E-state index is -0.255. The van der Waals surface area contributed by atoms with E-state index in [1.54, 1.807) is 11.3 Å². The van der Waals surface area contributed by atoms with Crippen molar-refractivity contribution in [3.8, 4) is 28.3 Å². The molecule has 0 spiro atoms. The van der Waals surface area contributed by atoms with Gasteiger partial charge in [-0.05, 0) is 44.5 Å². The Kier molecular flexibility index (Phi) is 9.62. The van der Waals surface area contributed by atoms with E-state index in [1.807, 2.05) is 33.8 Å². The molecule has 0 amide bonds. The van der Waals surface area contributed by atoms with Gasteiger partial charge in [0.25, 0.3) is 0 Å². The molecule has 222 valence electrons. The number of methoxy groups -OCH3 is 1. The monoisotopic (exact) mass is 586 g/mol. The van der Waals surface area contributed by atoms with Crippen molar-refractivity contribution < 1.29 is 18.8 Å². The third kappa shape index (κ3) is 5.75. The van der Waals surface area contributed by atoms with Crippen molar-refractivity contribution in [1.82, 2.24) is 4.40 Å². The number of hydrogen-bond acceptors (Lipinski definition) is 5. The normalized spacial score (nSPS) is 13.9. The van der Waals surface area contributed by atoms with Crippen molar-refractivity contribution >= 4 is 38.9 Å². The maximum Gasteiger partial charge on any atom is 0.349 e. The molecule has 3 heterocycles. The largest absolute Gasteiger partial charge is 0.488 e. The molecule has 3 aromatic carbocycles. The molecular formula is C35H44N3O3S+. The van der Waals surface area contributed by atoms with Crippen LogP contribution < -0.4 is 14.6 Å². The van der Waals surface area contributed by atoms with Gasteiger partial charge < -0.3 is 14.8 Å². The van der Waals surface area contributed by atoms with Gasteiger partial charge >= 0.3 is 10.9 Å². The Morgan fingerprint density at radius 3 is 2.36 bits per heavy atom. The number of nitrogens with one attached hydrogen (secondary N) is 1. The van der Waals surface area contributed by atoms with Crippen molar-refractivity contribution in [1.29, 1.82) is 0 Å². The van der Waals surface area contributed by atoms with Gasteiger partial charge in [-0.3, -0.25) is 4.79 Å². The summed E-state index contributed by atoms with van der Waals surface area (Å²) >= 11 is 1.74. The number of hydrogen-bond donors (Lipinski definition) is 1. The van der Waals surface area contributed by atoms with Crippen LogP contribution in [0.25, 0.3) is 38.2 Å². The van der Waals surface area contributed by atoms with Crippen LogP contribution in [0.1, 0.15) is 65.8 Å². The van der Waals surface area contributed by atoms with Crippen molar-refractivity contribution in [2.45, 2.75) is 73.4 Å². The van der Waals surface area contributed by atoms with Gasteiger partial charge in [-0.15, -0.1) is 0 Å². The van der Waals surface area contributed by atoms with Crippen molar-refractivity contribution in [3.63, 3.8) is 0 Å². The highest BCUT2D eigenvalue weighted by molar-refractivity contribution is 7.17. The number of imidazole rings is 1. The third-order valence-corrected chi connectivity index (χ3v) is 8.04. The molecular weight excluding hydrogens is 542 g/mol. The number of anilines is 1. The zero-order chi connectivity index (χ0) is 30.6. The van der Waals surface area contributed by atoms with E-state index < -0.39 is 0 Å². The molecule has 0 radical (unpaired) electrons. The van der Waals surface area contributed by atoms with Crippen LogP contribution in [0, 0.1) is 6.92 Å². The van der Waals surface area contributed by atoms with E-state index in [2.05, 4.69) is 103 Å².